The number of anilines is 1. The highest BCUT2D eigenvalue weighted by atomic mass is 16.2. The summed E-state index contributed by atoms with van der Waals surface area (Å²) in [6.45, 7) is 4.13. The van der Waals surface area contributed by atoms with Crippen LogP contribution in [0.2, 0.25) is 0 Å². The third kappa shape index (κ3) is 3.40. The first-order valence-electron chi connectivity index (χ1n) is 7.34. The second-order valence-corrected chi connectivity index (χ2v) is 5.72. The number of nitrogens with one attached hydrogen (secondary N) is 2. The molecule has 0 spiro atoms. The van der Waals surface area contributed by atoms with Gasteiger partial charge in [-0.1, -0.05) is 0 Å². The van der Waals surface area contributed by atoms with Crippen LogP contribution in [0.1, 0.15) is 18.7 Å². The molecule has 1 aromatic heterocycles. The molecule has 112 valence electrons. The van der Waals surface area contributed by atoms with E-state index in [9.17, 15) is 4.79 Å². The smallest absolute Gasteiger partial charge is 0.238 e. The maximum atomic E-state index is 12.1. The summed E-state index contributed by atoms with van der Waals surface area (Å²) in [5.74, 6) is 0.888. The zero-order valence-electron chi connectivity index (χ0n) is 12.2. The Morgan fingerprint density at radius 3 is 3.00 bits per heavy atom. The molecule has 2 heterocycles. The van der Waals surface area contributed by atoms with E-state index in [1.54, 1.807) is 0 Å². The first kappa shape index (κ1) is 14.0. The van der Waals surface area contributed by atoms with E-state index in [0.29, 0.717) is 6.54 Å². The van der Waals surface area contributed by atoms with E-state index in [1.165, 1.54) is 0 Å². The number of aromatic nitrogens is 2. The van der Waals surface area contributed by atoms with Crippen molar-refractivity contribution in [1.82, 2.24) is 14.9 Å². The van der Waals surface area contributed by atoms with Crippen LogP contribution >= 0.6 is 0 Å². The van der Waals surface area contributed by atoms with Crippen LogP contribution in [0.15, 0.2) is 18.2 Å². The molecule has 1 aromatic carbocycles. The third-order valence-electron chi connectivity index (χ3n) is 3.88. The summed E-state index contributed by atoms with van der Waals surface area (Å²) in [5.41, 5.74) is 8.52. The van der Waals surface area contributed by atoms with Gasteiger partial charge in [-0.3, -0.25) is 9.69 Å². The lowest BCUT2D eigenvalue weighted by molar-refractivity contribution is -0.117. The fraction of sp³-hybridized carbons (Fsp3) is 0.467. The number of hydrogen-bond acceptors (Lipinski definition) is 4. The highest BCUT2D eigenvalue weighted by Crippen LogP contribution is 2.17. The lowest BCUT2D eigenvalue weighted by Gasteiger charge is -2.29. The molecule has 21 heavy (non-hydrogen) atoms. The minimum Gasteiger partial charge on any atom is -0.342 e. The van der Waals surface area contributed by atoms with Crippen LogP contribution in [0.25, 0.3) is 11.0 Å². The molecule has 0 unspecified atom stereocenters. The van der Waals surface area contributed by atoms with Crippen LogP contribution in [0.3, 0.4) is 0 Å². The Hall–Kier alpha value is -1.92. The number of aryl methyl sites for hydroxylation is 1. The molecule has 6 nitrogen and oxygen atoms in total. The highest BCUT2D eigenvalue weighted by Gasteiger charge is 2.18. The van der Waals surface area contributed by atoms with Gasteiger partial charge in [-0.05, 0) is 38.0 Å². The van der Waals surface area contributed by atoms with E-state index in [4.69, 9.17) is 5.73 Å². The fourth-order valence-corrected chi connectivity index (χ4v) is 2.73. The van der Waals surface area contributed by atoms with E-state index in [2.05, 4.69) is 20.2 Å². The van der Waals surface area contributed by atoms with Crippen molar-refractivity contribution in [3.63, 3.8) is 0 Å². The Bertz CT molecular complexity index is 643. The fourth-order valence-electron chi connectivity index (χ4n) is 2.73. The van der Waals surface area contributed by atoms with E-state index in [1.807, 2.05) is 25.1 Å². The molecule has 3 rings (SSSR count). The summed E-state index contributed by atoms with van der Waals surface area (Å²) in [4.78, 5) is 21.8. The minimum absolute atomic E-state index is 0.0149. The van der Waals surface area contributed by atoms with Crippen LogP contribution in [0.5, 0.6) is 0 Å². The number of nitrogens with zero attached hydrogens (tertiary/aromatic N) is 2. The standard InChI is InChI=1S/C15H21N5O/c1-10-17-13-3-2-12(8-14(13)18-10)19-15(21)9-20-6-4-11(16)5-7-20/h2-3,8,11H,4-7,9,16H2,1H3,(H,17,18)(H,19,21). The van der Waals surface area contributed by atoms with Gasteiger partial charge in [-0.15, -0.1) is 0 Å². The number of H-pyrrole nitrogens is 1. The van der Waals surface area contributed by atoms with Crippen molar-refractivity contribution >= 4 is 22.6 Å². The number of amides is 1. The molecule has 4 N–H and O–H groups in total. The monoisotopic (exact) mass is 287 g/mol. The number of likely N-dealkylation sites (tertiary alicyclic amines) is 1. The molecular formula is C15H21N5O. The Morgan fingerprint density at radius 1 is 1.48 bits per heavy atom. The second kappa shape index (κ2) is 5.83. The van der Waals surface area contributed by atoms with Gasteiger partial charge in [0, 0.05) is 24.8 Å². The Balaban J connectivity index is 1.60. The minimum atomic E-state index is 0.0149. The van der Waals surface area contributed by atoms with Crippen LogP contribution in [-0.2, 0) is 4.79 Å². The van der Waals surface area contributed by atoms with Crippen molar-refractivity contribution < 1.29 is 4.79 Å². The Morgan fingerprint density at radius 2 is 2.24 bits per heavy atom. The van der Waals surface area contributed by atoms with Crippen LogP contribution in [0.4, 0.5) is 5.69 Å². The van der Waals surface area contributed by atoms with Gasteiger partial charge in [0.2, 0.25) is 5.91 Å². The van der Waals surface area contributed by atoms with Gasteiger partial charge in [0.25, 0.3) is 0 Å². The molecule has 2 aromatic rings. The van der Waals surface area contributed by atoms with E-state index in [-0.39, 0.29) is 11.9 Å². The lowest BCUT2D eigenvalue weighted by Crippen LogP contribution is -2.43. The van der Waals surface area contributed by atoms with Crippen molar-refractivity contribution in [3.05, 3.63) is 24.0 Å². The molecule has 6 heteroatoms. The number of carbonyl (C=O) groups excluding carboxylic acids is 1. The topological polar surface area (TPSA) is 87.0 Å². The molecule has 1 amide bonds. The van der Waals surface area contributed by atoms with Crippen molar-refractivity contribution in [2.45, 2.75) is 25.8 Å². The molecule has 1 fully saturated rings. The average Bonchev–Trinajstić information content (AvgIpc) is 2.80. The molecular weight excluding hydrogens is 266 g/mol. The van der Waals surface area contributed by atoms with Gasteiger partial charge < -0.3 is 16.0 Å². The summed E-state index contributed by atoms with van der Waals surface area (Å²) < 4.78 is 0. The third-order valence-corrected chi connectivity index (χ3v) is 3.88. The normalized spacial score (nSPS) is 17.2. The molecule has 0 atom stereocenters. The van der Waals surface area contributed by atoms with Crippen LogP contribution < -0.4 is 11.1 Å². The van der Waals surface area contributed by atoms with E-state index >= 15 is 0 Å². The van der Waals surface area contributed by atoms with Crippen LogP contribution in [0, 0.1) is 6.92 Å². The van der Waals surface area contributed by atoms with Gasteiger partial charge in [0.15, 0.2) is 0 Å². The summed E-state index contributed by atoms with van der Waals surface area (Å²) >= 11 is 0. The summed E-state index contributed by atoms with van der Waals surface area (Å²) in [6.07, 6.45) is 1.93. The first-order valence-corrected chi connectivity index (χ1v) is 7.34. The highest BCUT2D eigenvalue weighted by molar-refractivity contribution is 5.94. The molecule has 0 aliphatic carbocycles. The predicted molar refractivity (Wildman–Crippen MR) is 83.1 cm³/mol. The molecule has 1 aliphatic heterocycles. The van der Waals surface area contributed by atoms with Gasteiger partial charge in [0.1, 0.15) is 5.82 Å². The number of rotatable bonds is 3. The van der Waals surface area contributed by atoms with Crippen molar-refractivity contribution in [2.75, 3.05) is 25.0 Å². The van der Waals surface area contributed by atoms with E-state index < -0.39 is 0 Å². The molecule has 0 radical (unpaired) electrons. The SMILES string of the molecule is Cc1nc2ccc(NC(=O)CN3CCC(N)CC3)cc2[nH]1. The zero-order valence-corrected chi connectivity index (χ0v) is 12.2. The molecule has 0 saturated carbocycles. The number of nitrogens with two attached hydrogens (primary N) is 1. The summed E-state index contributed by atoms with van der Waals surface area (Å²) in [5, 5.41) is 2.94. The number of imidazole rings is 1. The molecule has 0 bridgehead atoms. The number of hydrogen-bond donors (Lipinski definition) is 3. The number of fused-ring (bicyclic) bond motifs is 1. The van der Waals surface area contributed by atoms with E-state index in [0.717, 1.165) is 48.5 Å². The van der Waals surface area contributed by atoms with Gasteiger partial charge >= 0.3 is 0 Å². The predicted octanol–water partition coefficient (Wildman–Crippen LogP) is 1.23. The van der Waals surface area contributed by atoms with Crippen LogP contribution in [-0.4, -0.2) is 46.5 Å². The maximum absolute atomic E-state index is 12.1. The van der Waals surface area contributed by atoms with Crippen molar-refractivity contribution in [2.24, 2.45) is 5.73 Å². The van der Waals surface area contributed by atoms with Crippen molar-refractivity contribution in [1.29, 1.82) is 0 Å². The molecule has 1 aliphatic rings. The van der Waals surface area contributed by atoms with Gasteiger partial charge in [-0.2, -0.15) is 0 Å². The Labute approximate surface area is 123 Å². The number of carbonyl (C=O) groups is 1. The number of piperidine rings is 1. The average molecular weight is 287 g/mol. The number of aromatic amines is 1. The largest absolute Gasteiger partial charge is 0.342 e. The molecule has 1 saturated heterocycles. The van der Waals surface area contributed by atoms with Gasteiger partial charge in [-0.25, -0.2) is 4.98 Å². The number of benzene rings is 1. The summed E-state index contributed by atoms with van der Waals surface area (Å²) in [7, 11) is 0. The maximum Gasteiger partial charge on any atom is 0.238 e. The first-order chi connectivity index (χ1) is 10.1. The summed E-state index contributed by atoms with van der Waals surface area (Å²) in [6, 6.07) is 6.00. The lowest BCUT2D eigenvalue weighted by atomic mass is 10.1. The zero-order chi connectivity index (χ0) is 14.8. The second-order valence-electron chi connectivity index (χ2n) is 5.72. The quantitative estimate of drug-likeness (QED) is 0.792. The Kier molecular flexibility index (Phi) is 3.90. The van der Waals surface area contributed by atoms with Gasteiger partial charge in [0.05, 0.1) is 17.6 Å². The van der Waals surface area contributed by atoms with Crippen molar-refractivity contribution in [3.8, 4) is 0 Å².